The van der Waals surface area contributed by atoms with Crippen molar-refractivity contribution >= 4 is 12.8 Å². The molecule has 0 atom stereocenters. The van der Waals surface area contributed by atoms with Crippen LogP contribution in [0.5, 0.6) is 0 Å². The predicted octanol–water partition coefficient (Wildman–Crippen LogP) is -1.26. The van der Waals surface area contributed by atoms with Gasteiger partial charge in [-0.15, -0.1) is 0 Å². The Kier molecular flexibility index (Phi) is 2.87. The minimum atomic E-state index is 0.382. The van der Waals surface area contributed by atoms with Crippen LogP contribution in [0.25, 0.3) is 0 Å². The average Bonchev–Trinajstić information content (AvgIpc) is 1.72. The molecule has 0 bridgehead atoms. The van der Waals surface area contributed by atoms with Gasteiger partial charge >= 0.3 is 0 Å². The molecule has 4 heteroatoms. The van der Waals surface area contributed by atoms with Crippen molar-refractivity contribution in [3.8, 4) is 0 Å². The van der Waals surface area contributed by atoms with E-state index in [0.29, 0.717) is 12.8 Å². The van der Waals surface area contributed by atoms with Crippen molar-refractivity contribution in [2.24, 2.45) is 0 Å². The van der Waals surface area contributed by atoms with E-state index in [4.69, 9.17) is 0 Å². The van der Waals surface area contributed by atoms with Crippen LogP contribution >= 0.6 is 0 Å². The SMILES string of the molecule is CNN(C=O)C=O. The van der Waals surface area contributed by atoms with E-state index in [2.05, 4.69) is 5.43 Å². The second kappa shape index (κ2) is 3.30. The summed E-state index contributed by atoms with van der Waals surface area (Å²) in [4.78, 5) is 19.2. The van der Waals surface area contributed by atoms with E-state index in [1.807, 2.05) is 0 Å². The first-order chi connectivity index (χ1) is 3.35. The van der Waals surface area contributed by atoms with Gasteiger partial charge in [0.25, 0.3) is 0 Å². The van der Waals surface area contributed by atoms with Crippen molar-refractivity contribution in [1.29, 1.82) is 0 Å². The zero-order chi connectivity index (χ0) is 5.70. The first kappa shape index (κ1) is 6.10. The molecule has 0 fully saturated rings. The molecule has 0 rings (SSSR count). The van der Waals surface area contributed by atoms with E-state index >= 15 is 0 Å². The molecule has 1 N–H and O–H groups in total. The Balaban J connectivity index is 3.36. The van der Waals surface area contributed by atoms with Crippen LogP contribution in [-0.4, -0.2) is 24.9 Å². The second-order valence-electron chi connectivity index (χ2n) is 0.842. The lowest BCUT2D eigenvalue weighted by molar-refractivity contribution is -0.132. The predicted molar refractivity (Wildman–Crippen MR) is 23.0 cm³/mol. The van der Waals surface area contributed by atoms with Gasteiger partial charge in [-0.05, 0) is 0 Å². The summed E-state index contributed by atoms with van der Waals surface area (Å²) in [6, 6.07) is 0. The number of amides is 2. The molecular formula is C3H6N2O2. The average molecular weight is 102 g/mol. The lowest BCUT2D eigenvalue weighted by Crippen LogP contribution is -2.31. The van der Waals surface area contributed by atoms with Gasteiger partial charge in [0.1, 0.15) is 0 Å². The van der Waals surface area contributed by atoms with Crippen LogP contribution in [0.4, 0.5) is 0 Å². The van der Waals surface area contributed by atoms with Gasteiger partial charge < -0.3 is 0 Å². The van der Waals surface area contributed by atoms with Crippen LogP contribution in [0.2, 0.25) is 0 Å². The Labute approximate surface area is 41.1 Å². The standard InChI is InChI=1S/C3H6N2O2/c1-4-5(2-6)3-7/h2-4H,1H3. The number of nitrogens with zero attached hydrogens (tertiary/aromatic N) is 1. The summed E-state index contributed by atoms with van der Waals surface area (Å²) in [7, 11) is 1.48. The zero-order valence-electron chi connectivity index (χ0n) is 3.92. The summed E-state index contributed by atoms with van der Waals surface area (Å²) in [5.74, 6) is 0. The van der Waals surface area contributed by atoms with Gasteiger partial charge in [0.2, 0.25) is 12.8 Å². The maximum Gasteiger partial charge on any atom is 0.230 e. The van der Waals surface area contributed by atoms with Crippen LogP contribution in [0.15, 0.2) is 0 Å². The van der Waals surface area contributed by atoms with Crippen molar-refractivity contribution < 1.29 is 9.59 Å². The van der Waals surface area contributed by atoms with Crippen molar-refractivity contribution in [3.63, 3.8) is 0 Å². The Morgan fingerprint density at radius 2 is 1.86 bits per heavy atom. The summed E-state index contributed by atoms with van der Waals surface area (Å²) >= 11 is 0. The van der Waals surface area contributed by atoms with Crippen molar-refractivity contribution in [2.75, 3.05) is 7.05 Å². The first-order valence-corrected chi connectivity index (χ1v) is 1.71. The van der Waals surface area contributed by atoms with E-state index in [1.165, 1.54) is 7.05 Å². The molecule has 2 amide bonds. The van der Waals surface area contributed by atoms with Crippen molar-refractivity contribution in [1.82, 2.24) is 10.4 Å². The quantitative estimate of drug-likeness (QED) is 0.357. The highest BCUT2D eigenvalue weighted by atomic mass is 16.2. The molecule has 0 spiro atoms. The molecule has 0 aliphatic heterocycles. The number of carbonyl (C=O) groups excluding carboxylic acids is 2. The Bertz CT molecular complexity index is 65.3. The molecule has 0 aliphatic rings. The van der Waals surface area contributed by atoms with Crippen LogP contribution in [0.3, 0.4) is 0 Å². The topological polar surface area (TPSA) is 49.4 Å². The van der Waals surface area contributed by atoms with Gasteiger partial charge in [-0.2, -0.15) is 0 Å². The zero-order valence-corrected chi connectivity index (χ0v) is 3.92. The van der Waals surface area contributed by atoms with Gasteiger partial charge in [0, 0.05) is 7.05 Å². The molecule has 0 aliphatic carbocycles. The fraction of sp³-hybridized carbons (Fsp3) is 0.333. The van der Waals surface area contributed by atoms with E-state index in [-0.39, 0.29) is 0 Å². The summed E-state index contributed by atoms with van der Waals surface area (Å²) < 4.78 is 0. The van der Waals surface area contributed by atoms with E-state index in [9.17, 15) is 9.59 Å². The number of imide groups is 1. The number of nitrogens with one attached hydrogen (secondary N) is 1. The highest BCUT2D eigenvalue weighted by molar-refractivity contribution is 5.67. The van der Waals surface area contributed by atoms with Gasteiger partial charge in [-0.1, -0.05) is 0 Å². The van der Waals surface area contributed by atoms with Crippen LogP contribution in [-0.2, 0) is 9.59 Å². The molecule has 0 aromatic heterocycles. The fourth-order valence-corrected chi connectivity index (χ4v) is 0.130. The number of carbonyl (C=O) groups is 2. The highest BCUT2D eigenvalue weighted by Gasteiger charge is 1.86. The van der Waals surface area contributed by atoms with E-state index in [1.54, 1.807) is 0 Å². The monoisotopic (exact) mass is 102 g/mol. The third-order valence-corrected chi connectivity index (χ3v) is 0.485. The lowest BCUT2D eigenvalue weighted by atomic mass is 11.1. The minimum absolute atomic E-state index is 0.382. The van der Waals surface area contributed by atoms with Crippen molar-refractivity contribution in [2.45, 2.75) is 0 Å². The number of hydrogen-bond donors (Lipinski definition) is 1. The largest absolute Gasteiger partial charge is 0.277 e. The third kappa shape index (κ3) is 1.88. The molecule has 0 radical (unpaired) electrons. The van der Waals surface area contributed by atoms with E-state index in [0.717, 1.165) is 5.01 Å². The number of hydrazine groups is 1. The van der Waals surface area contributed by atoms with E-state index < -0.39 is 0 Å². The van der Waals surface area contributed by atoms with Crippen molar-refractivity contribution in [3.05, 3.63) is 0 Å². The van der Waals surface area contributed by atoms with Crippen LogP contribution < -0.4 is 5.43 Å². The molecule has 0 aromatic carbocycles. The maximum atomic E-state index is 9.60. The van der Waals surface area contributed by atoms with Crippen LogP contribution in [0.1, 0.15) is 0 Å². The molecular weight excluding hydrogens is 96.0 g/mol. The van der Waals surface area contributed by atoms with Crippen LogP contribution in [0, 0.1) is 0 Å². The van der Waals surface area contributed by atoms with Gasteiger partial charge in [-0.3, -0.25) is 9.59 Å². The Hall–Kier alpha value is -0.900. The second-order valence-corrected chi connectivity index (χ2v) is 0.842. The first-order valence-electron chi connectivity index (χ1n) is 1.71. The summed E-state index contributed by atoms with van der Waals surface area (Å²) in [5, 5.41) is 0.764. The molecule has 40 valence electrons. The molecule has 7 heavy (non-hydrogen) atoms. The fourth-order valence-electron chi connectivity index (χ4n) is 0.130. The molecule has 4 nitrogen and oxygen atoms in total. The summed E-state index contributed by atoms with van der Waals surface area (Å²) in [5.41, 5.74) is 2.30. The molecule has 0 aromatic rings. The summed E-state index contributed by atoms with van der Waals surface area (Å²) in [6.07, 6.45) is 0.764. The lowest BCUT2D eigenvalue weighted by Gasteiger charge is -2.01. The number of hydrogen-bond acceptors (Lipinski definition) is 3. The Morgan fingerprint density at radius 3 is 1.86 bits per heavy atom. The molecule has 0 saturated carbocycles. The smallest absolute Gasteiger partial charge is 0.230 e. The molecule has 0 unspecified atom stereocenters. The normalized spacial score (nSPS) is 7.57. The van der Waals surface area contributed by atoms with Gasteiger partial charge in [0.05, 0.1) is 0 Å². The minimum Gasteiger partial charge on any atom is -0.277 e. The van der Waals surface area contributed by atoms with Gasteiger partial charge in [-0.25, -0.2) is 10.4 Å². The van der Waals surface area contributed by atoms with Gasteiger partial charge in [0.15, 0.2) is 0 Å². The highest BCUT2D eigenvalue weighted by Crippen LogP contribution is 1.56. The third-order valence-electron chi connectivity index (χ3n) is 0.485. The maximum absolute atomic E-state index is 9.60. The summed E-state index contributed by atoms with van der Waals surface area (Å²) in [6.45, 7) is 0. The molecule has 0 heterocycles. The number of rotatable bonds is 3. The Morgan fingerprint density at radius 1 is 1.43 bits per heavy atom. The molecule has 0 saturated heterocycles.